The molecular formula is C22H21BrN4O4. The van der Waals surface area contributed by atoms with Crippen molar-refractivity contribution < 1.29 is 9.66 Å². The van der Waals surface area contributed by atoms with E-state index in [0.717, 1.165) is 10.9 Å². The van der Waals surface area contributed by atoms with Gasteiger partial charge in [-0.25, -0.2) is 4.98 Å². The molecular weight excluding hydrogens is 464 g/mol. The van der Waals surface area contributed by atoms with Gasteiger partial charge < -0.3 is 4.74 Å². The van der Waals surface area contributed by atoms with Crippen molar-refractivity contribution in [1.82, 2.24) is 9.66 Å². The first-order valence-corrected chi connectivity index (χ1v) is 10.4. The number of fused-ring (bicyclic) bond motifs is 1. The summed E-state index contributed by atoms with van der Waals surface area (Å²) in [6.45, 7) is 7.63. The minimum atomic E-state index is -0.526. The van der Waals surface area contributed by atoms with Crippen molar-refractivity contribution in [3.05, 3.63) is 85.4 Å². The van der Waals surface area contributed by atoms with Crippen molar-refractivity contribution >= 4 is 38.7 Å². The highest BCUT2D eigenvalue weighted by Gasteiger charge is 2.19. The van der Waals surface area contributed by atoms with Crippen molar-refractivity contribution in [3.63, 3.8) is 0 Å². The van der Waals surface area contributed by atoms with E-state index in [0.29, 0.717) is 22.3 Å². The SMILES string of the molecule is C=CCOc1c(C=Nn2c([C@H](C)CC)nc3ccc(Br)cc3c2=O)cccc1[N+](=O)[O-]. The van der Waals surface area contributed by atoms with E-state index in [1.807, 2.05) is 19.9 Å². The minimum absolute atomic E-state index is 0.0282. The van der Waals surface area contributed by atoms with Crippen molar-refractivity contribution in [1.29, 1.82) is 0 Å². The van der Waals surface area contributed by atoms with Crippen molar-refractivity contribution in [2.75, 3.05) is 6.61 Å². The van der Waals surface area contributed by atoms with Crippen LogP contribution in [0.2, 0.25) is 0 Å². The van der Waals surface area contributed by atoms with E-state index in [2.05, 4.69) is 32.6 Å². The maximum atomic E-state index is 13.2. The number of hydrogen-bond acceptors (Lipinski definition) is 6. The Balaban J connectivity index is 2.20. The van der Waals surface area contributed by atoms with Crippen LogP contribution in [-0.4, -0.2) is 27.4 Å². The number of nitro groups is 1. The molecule has 0 radical (unpaired) electrons. The molecule has 0 aliphatic carbocycles. The molecule has 0 fully saturated rings. The van der Waals surface area contributed by atoms with E-state index in [9.17, 15) is 14.9 Å². The van der Waals surface area contributed by atoms with Crippen LogP contribution in [0.25, 0.3) is 10.9 Å². The van der Waals surface area contributed by atoms with Crippen LogP contribution in [0.5, 0.6) is 5.75 Å². The molecule has 0 N–H and O–H groups in total. The van der Waals surface area contributed by atoms with Crippen LogP contribution >= 0.6 is 15.9 Å². The molecule has 2 aromatic carbocycles. The van der Waals surface area contributed by atoms with Crippen molar-refractivity contribution in [3.8, 4) is 5.75 Å². The standard InChI is InChI=1S/C22H21BrN4O4/c1-4-11-31-20-15(7-6-8-19(20)27(29)30)13-24-26-21(14(3)5-2)25-18-10-9-16(23)12-17(18)22(26)28/h4,6-10,12-14H,1,5,11H2,2-3H3/t14-/m1/s1. The number of nitro benzene ring substituents is 1. The maximum Gasteiger partial charge on any atom is 0.311 e. The Bertz CT molecular complexity index is 1240. The Morgan fingerprint density at radius 3 is 2.84 bits per heavy atom. The Kier molecular flexibility index (Phi) is 6.96. The number of rotatable bonds is 8. The normalized spacial score (nSPS) is 12.2. The van der Waals surface area contributed by atoms with Gasteiger partial charge in [-0.3, -0.25) is 14.9 Å². The lowest BCUT2D eigenvalue weighted by molar-refractivity contribution is -0.385. The molecule has 0 aliphatic heterocycles. The molecule has 0 saturated heterocycles. The molecule has 160 valence electrons. The second-order valence-electron chi connectivity index (χ2n) is 6.85. The summed E-state index contributed by atoms with van der Waals surface area (Å²) in [6.07, 6.45) is 3.63. The van der Waals surface area contributed by atoms with E-state index in [1.165, 1.54) is 29.1 Å². The van der Waals surface area contributed by atoms with Crippen LogP contribution in [0.1, 0.15) is 37.6 Å². The Morgan fingerprint density at radius 2 is 2.16 bits per heavy atom. The predicted octanol–water partition coefficient (Wildman–Crippen LogP) is 5.03. The van der Waals surface area contributed by atoms with Gasteiger partial charge in [-0.2, -0.15) is 9.78 Å². The van der Waals surface area contributed by atoms with Crippen LogP contribution in [0.4, 0.5) is 5.69 Å². The number of hydrogen-bond donors (Lipinski definition) is 0. The average molecular weight is 485 g/mol. The zero-order chi connectivity index (χ0) is 22.5. The Morgan fingerprint density at radius 1 is 1.39 bits per heavy atom. The Labute approximate surface area is 187 Å². The second kappa shape index (κ2) is 9.65. The van der Waals surface area contributed by atoms with Crippen LogP contribution in [0.3, 0.4) is 0 Å². The number of ether oxygens (including phenoxy) is 1. The highest BCUT2D eigenvalue weighted by atomic mass is 79.9. The molecule has 0 spiro atoms. The summed E-state index contributed by atoms with van der Waals surface area (Å²) in [4.78, 5) is 28.8. The number of benzene rings is 2. The lowest BCUT2D eigenvalue weighted by Crippen LogP contribution is -2.23. The number of para-hydroxylation sites is 1. The van der Waals surface area contributed by atoms with Gasteiger partial charge in [0.05, 0.1) is 22.0 Å². The van der Waals surface area contributed by atoms with Crippen LogP contribution in [0, 0.1) is 10.1 Å². The van der Waals surface area contributed by atoms with Crippen LogP contribution < -0.4 is 10.3 Å². The molecule has 0 unspecified atom stereocenters. The smallest absolute Gasteiger partial charge is 0.311 e. The molecule has 3 aromatic rings. The van der Waals surface area contributed by atoms with E-state index in [-0.39, 0.29) is 29.5 Å². The highest BCUT2D eigenvalue weighted by molar-refractivity contribution is 9.10. The van der Waals surface area contributed by atoms with Crippen molar-refractivity contribution in [2.24, 2.45) is 5.10 Å². The molecule has 31 heavy (non-hydrogen) atoms. The van der Waals surface area contributed by atoms with E-state index in [4.69, 9.17) is 4.74 Å². The van der Waals surface area contributed by atoms with Gasteiger partial charge in [0.25, 0.3) is 5.56 Å². The fourth-order valence-corrected chi connectivity index (χ4v) is 3.35. The van der Waals surface area contributed by atoms with Crippen LogP contribution in [-0.2, 0) is 0 Å². The predicted molar refractivity (Wildman–Crippen MR) is 124 cm³/mol. The highest BCUT2D eigenvalue weighted by Crippen LogP contribution is 2.30. The van der Waals surface area contributed by atoms with E-state index < -0.39 is 4.92 Å². The van der Waals surface area contributed by atoms with Gasteiger partial charge in [0.15, 0.2) is 0 Å². The van der Waals surface area contributed by atoms with Gasteiger partial charge in [0, 0.05) is 22.0 Å². The second-order valence-corrected chi connectivity index (χ2v) is 7.77. The largest absolute Gasteiger partial charge is 0.482 e. The van der Waals surface area contributed by atoms with Gasteiger partial charge in [-0.1, -0.05) is 48.5 Å². The molecule has 1 aromatic heterocycles. The number of nitrogens with zero attached hydrogens (tertiary/aromatic N) is 4. The lowest BCUT2D eigenvalue weighted by atomic mass is 10.1. The third-order valence-corrected chi connectivity index (χ3v) is 5.26. The third kappa shape index (κ3) is 4.72. The lowest BCUT2D eigenvalue weighted by Gasteiger charge is -2.14. The minimum Gasteiger partial charge on any atom is -0.482 e. The zero-order valence-electron chi connectivity index (χ0n) is 17.1. The first-order valence-electron chi connectivity index (χ1n) is 9.65. The molecule has 1 heterocycles. The molecule has 0 saturated carbocycles. The fraction of sp³-hybridized carbons (Fsp3) is 0.227. The molecule has 3 rings (SSSR count). The van der Waals surface area contributed by atoms with Gasteiger partial charge in [0.2, 0.25) is 5.75 Å². The quantitative estimate of drug-likeness (QED) is 0.193. The Hall–Kier alpha value is -3.33. The molecule has 0 bridgehead atoms. The first kappa shape index (κ1) is 22.4. The summed E-state index contributed by atoms with van der Waals surface area (Å²) >= 11 is 3.38. The maximum absolute atomic E-state index is 13.2. The summed E-state index contributed by atoms with van der Waals surface area (Å²) in [6, 6.07) is 9.82. The molecule has 0 aliphatic rings. The molecule has 9 heteroatoms. The third-order valence-electron chi connectivity index (χ3n) is 4.77. The van der Waals surface area contributed by atoms with E-state index in [1.54, 1.807) is 18.2 Å². The molecule has 0 amide bonds. The fourth-order valence-electron chi connectivity index (χ4n) is 2.99. The summed E-state index contributed by atoms with van der Waals surface area (Å²) in [5, 5.41) is 16.2. The molecule has 8 nitrogen and oxygen atoms in total. The van der Waals surface area contributed by atoms with Gasteiger partial charge in [0.1, 0.15) is 12.4 Å². The van der Waals surface area contributed by atoms with Crippen molar-refractivity contribution in [2.45, 2.75) is 26.2 Å². The monoisotopic (exact) mass is 484 g/mol. The van der Waals surface area contributed by atoms with Crippen LogP contribution in [0.15, 0.2) is 63.4 Å². The van der Waals surface area contributed by atoms with Gasteiger partial charge in [-0.05, 0) is 30.7 Å². The van der Waals surface area contributed by atoms with E-state index >= 15 is 0 Å². The summed E-state index contributed by atoms with van der Waals surface area (Å²) < 4.78 is 7.53. The number of aromatic nitrogens is 2. The number of halogens is 1. The zero-order valence-corrected chi connectivity index (χ0v) is 18.7. The first-order chi connectivity index (χ1) is 14.9. The average Bonchev–Trinajstić information content (AvgIpc) is 2.76. The molecule has 1 atom stereocenters. The summed E-state index contributed by atoms with van der Waals surface area (Å²) in [7, 11) is 0. The summed E-state index contributed by atoms with van der Waals surface area (Å²) in [5.74, 6) is 0.544. The van der Waals surface area contributed by atoms with Gasteiger partial charge in [-0.15, -0.1) is 0 Å². The topological polar surface area (TPSA) is 99.6 Å². The van der Waals surface area contributed by atoms with Gasteiger partial charge >= 0.3 is 5.69 Å². The summed E-state index contributed by atoms with van der Waals surface area (Å²) in [5.41, 5.74) is 0.436.